The molecule has 0 aliphatic rings. The second kappa shape index (κ2) is 8.69. The van der Waals surface area contributed by atoms with E-state index in [2.05, 4.69) is 74.7 Å². The molecule has 0 rings (SSSR count). The summed E-state index contributed by atoms with van der Waals surface area (Å²) in [6, 6.07) is 0. The van der Waals surface area contributed by atoms with Crippen molar-refractivity contribution in [2.24, 2.45) is 0 Å². The predicted octanol–water partition coefficient (Wildman–Crippen LogP) is 4.19. The van der Waals surface area contributed by atoms with Crippen molar-refractivity contribution in [3.63, 3.8) is 0 Å². The summed E-state index contributed by atoms with van der Waals surface area (Å²) in [4.78, 5) is 11.1. The zero-order valence-corrected chi connectivity index (χ0v) is 13.8. The van der Waals surface area contributed by atoms with Crippen LogP contribution in [0.2, 0.25) is 0 Å². The summed E-state index contributed by atoms with van der Waals surface area (Å²) in [6.07, 6.45) is 2.49. The molecule has 0 amide bonds. The lowest BCUT2D eigenvalue weighted by Crippen LogP contribution is -2.05. The van der Waals surface area contributed by atoms with Gasteiger partial charge >= 0.3 is 5.97 Å². The number of carbonyl (C=O) groups excluding carboxylic acids is 1. The Hall–Kier alpha value is 1.40. The van der Waals surface area contributed by atoms with E-state index in [4.69, 9.17) is 4.74 Å². The lowest BCUT2D eigenvalue weighted by atomic mass is 10.2. The first-order valence-electron chi connectivity index (χ1n) is 3.93. The Morgan fingerprint density at radius 3 is 2.38 bits per heavy atom. The maximum Gasteiger partial charge on any atom is 0.306 e. The third-order valence-corrected chi connectivity index (χ3v) is 5.52. The number of unbranched alkanes of at least 4 members (excludes halogenated alkanes) is 1. The molecule has 0 unspecified atom stereocenters. The maximum atomic E-state index is 11.1. The molecular formula is C8H11I3O2. The number of rotatable bonds is 5. The van der Waals surface area contributed by atoms with Crippen LogP contribution in [-0.4, -0.2) is 12.6 Å². The first-order chi connectivity index (χ1) is 6.07. The van der Waals surface area contributed by atoms with Gasteiger partial charge in [0, 0.05) is 10.0 Å². The van der Waals surface area contributed by atoms with Gasteiger partial charge in [-0.15, -0.1) is 0 Å². The highest BCUT2D eigenvalue weighted by Crippen LogP contribution is 2.25. The van der Waals surface area contributed by atoms with Gasteiger partial charge in [0.1, 0.15) is 6.61 Å². The summed E-state index contributed by atoms with van der Waals surface area (Å²) in [5.74, 6) is -0.0925. The van der Waals surface area contributed by atoms with Gasteiger partial charge in [-0.1, -0.05) is 13.3 Å². The molecule has 0 N–H and O–H groups in total. The van der Waals surface area contributed by atoms with Crippen molar-refractivity contribution in [3.8, 4) is 0 Å². The second-order valence-electron chi connectivity index (χ2n) is 2.43. The molecule has 0 saturated carbocycles. The molecule has 0 radical (unpaired) electrons. The SMILES string of the molecule is CCCCC(=O)OCC(I)=C(I)I. The summed E-state index contributed by atoms with van der Waals surface area (Å²) in [7, 11) is 0. The minimum Gasteiger partial charge on any atom is -0.460 e. The molecule has 0 aliphatic heterocycles. The molecule has 13 heavy (non-hydrogen) atoms. The molecule has 0 aromatic rings. The average molecular weight is 520 g/mol. The van der Waals surface area contributed by atoms with Crippen molar-refractivity contribution in [3.05, 3.63) is 5.17 Å². The Morgan fingerprint density at radius 1 is 1.31 bits per heavy atom. The molecule has 0 spiro atoms. The fourth-order valence-corrected chi connectivity index (χ4v) is 1.06. The van der Waals surface area contributed by atoms with Gasteiger partial charge in [-0.2, -0.15) is 0 Å². The summed E-state index contributed by atoms with van der Waals surface area (Å²) < 4.78 is 7.29. The summed E-state index contributed by atoms with van der Waals surface area (Å²) >= 11 is 6.61. The van der Waals surface area contributed by atoms with Gasteiger partial charge < -0.3 is 4.74 Å². The van der Waals surface area contributed by atoms with E-state index in [9.17, 15) is 4.79 Å². The van der Waals surface area contributed by atoms with Crippen molar-refractivity contribution in [1.29, 1.82) is 0 Å². The molecule has 0 saturated heterocycles. The molecule has 0 heterocycles. The average Bonchev–Trinajstić information content (AvgIpc) is 2.10. The van der Waals surface area contributed by atoms with Gasteiger partial charge in [0.2, 0.25) is 0 Å². The van der Waals surface area contributed by atoms with Crippen LogP contribution < -0.4 is 0 Å². The van der Waals surface area contributed by atoms with Crippen LogP contribution in [0.4, 0.5) is 0 Å². The molecule has 0 aromatic carbocycles. The molecule has 2 nitrogen and oxygen atoms in total. The van der Waals surface area contributed by atoms with Crippen LogP contribution in [0.1, 0.15) is 26.2 Å². The van der Waals surface area contributed by atoms with Crippen molar-refractivity contribution in [1.82, 2.24) is 0 Å². The van der Waals surface area contributed by atoms with E-state index in [1.807, 2.05) is 0 Å². The van der Waals surface area contributed by atoms with Gasteiger partial charge in [0.05, 0.1) is 1.59 Å². The predicted molar refractivity (Wildman–Crippen MR) is 79.6 cm³/mol. The molecular weight excluding hydrogens is 509 g/mol. The van der Waals surface area contributed by atoms with Crippen LogP contribution in [0.3, 0.4) is 0 Å². The number of esters is 1. The lowest BCUT2D eigenvalue weighted by molar-refractivity contribution is -0.142. The van der Waals surface area contributed by atoms with E-state index >= 15 is 0 Å². The number of ether oxygens (including phenoxy) is 1. The molecule has 0 bridgehead atoms. The quantitative estimate of drug-likeness (QED) is 0.402. The Morgan fingerprint density at radius 2 is 1.92 bits per heavy atom. The Labute approximate surface area is 120 Å². The largest absolute Gasteiger partial charge is 0.460 e. The Bertz CT molecular complexity index is 198. The van der Waals surface area contributed by atoms with E-state index in [1.165, 1.54) is 0 Å². The maximum absolute atomic E-state index is 11.1. The van der Waals surface area contributed by atoms with E-state index in [0.29, 0.717) is 13.0 Å². The summed E-state index contributed by atoms with van der Waals surface area (Å²) in [5, 5.41) is 0. The molecule has 0 atom stereocenters. The third kappa shape index (κ3) is 8.40. The fourth-order valence-electron chi connectivity index (χ4n) is 0.592. The van der Waals surface area contributed by atoms with Crippen molar-refractivity contribution in [2.45, 2.75) is 26.2 Å². The Balaban J connectivity index is 3.65. The fraction of sp³-hybridized carbons (Fsp3) is 0.625. The molecule has 0 aliphatic carbocycles. The minimum absolute atomic E-state index is 0.0925. The van der Waals surface area contributed by atoms with E-state index in [1.54, 1.807) is 0 Å². The smallest absolute Gasteiger partial charge is 0.306 e. The normalized spacial score (nSPS) is 9.54. The van der Waals surface area contributed by atoms with Crippen LogP contribution >= 0.6 is 67.8 Å². The topological polar surface area (TPSA) is 26.3 Å². The number of carbonyl (C=O) groups is 1. The van der Waals surface area contributed by atoms with Crippen molar-refractivity contribution >= 4 is 73.7 Å². The summed E-state index contributed by atoms with van der Waals surface area (Å²) in [5.41, 5.74) is 0. The van der Waals surface area contributed by atoms with E-state index in [-0.39, 0.29) is 5.97 Å². The number of hydrogen-bond acceptors (Lipinski definition) is 2. The van der Waals surface area contributed by atoms with Gasteiger partial charge in [-0.25, -0.2) is 0 Å². The van der Waals surface area contributed by atoms with Gasteiger partial charge in [-0.3, -0.25) is 4.79 Å². The first-order valence-corrected chi connectivity index (χ1v) is 7.16. The third-order valence-electron chi connectivity index (χ3n) is 1.30. The second-order valence-corrected chi connectivity index (χ2v) is 7.95. The van der Waals surface area contributed by atoms with Crippen LogP contribution in [0.5, 0.6) is 0 Å². The van der Waals surface area contributed by atoms with Crippen LogP contribution in [0.25, 0.3) is 0 Å². The molecule has 0 aromatic heterocycles. The molecule has 76 valence electrons. The molecule has 5 heteroatoms. The zero-order valence-electron chi connectivity index (χ0n) is 7.28. The van der Waals surface area contributed by atoms with E-state index < -0.39 is 0 Å². The van der Waals surface area contributed by atoms with Gasteiger partial charge in [0.15, 0.2) is 0 Å². The minimum atomic E-state index is -0.0925. The number of hydrogen-bond donors (Lipinski definition) is 0. The lowest BCUT2D eigenvalue weighted by Gasteiger charge is -2.03. The first kappa shape index (κ1) is 14.4. The van der Waals surface area contributed by atoms with Gasteiger partial charge in [0.25, 0.3) is 0 Å². The number of halogens is 3. The monoisotopic (exact) mass is 520 g/mol. The van der Waals surface area contributed by atoms with Crippen LogP contribution in [0.15, 0.2) is 5.17 Å². The van der Waals surface area contributed by atoms with Crippen molar-refractivity contribution in [2.75, 3.05) is 6.61 Å². The zero-order chi connectivity index (χ0) is 10.3. The van der Waals surface area contributed by atoms with Gasteiger partial charge in [-0.05, 0) is 74.2 Å². The standard InChI is InChI=1S/C8H11I3O2/c1-2-3-4-7(12)13-5-6(9)8(10)11/h2-5H2,1H3. The van der Waals surface area contributed by atoms with Crippen LogP contribution in [-0.2, 0) is 9.53 Å². The highest BCUT2D eigenvalue weighted by Gasteiger charge is 2.03. The molecule has 0 fully saturated rings. The summed E-state index contributed by atoms with van der Waals surface area (Å²) in [6.45, 7) is 2.48. The van der Waals surface area contributed by atoms with Crippen LogP contribution in [0, 0.1) is 0 Å². The van der Waals surface area contributed by atoms with Crippen molar-refractivity contribution < 1.29 is 9.53 Å². The Kier molecular flexibility index (Phi) is 9.62. The highest BCUT2D eigenvalue weighted by molar-refractivity contribution is 14.2. The van der Waals surface area contributed by atoms with E-state index in [0.717, 1.165) is 18.0 Å². The highest BCUT2D eigenvalue weighted by atomic mass is 127.